The zero-order chi connectivity index (χ0) is 12.4. The van der Waals surface area contributed by atoms with Gasteiger partial charge in [-0.1, -0.05) is 0 Å². The molecule has 2 aromatic rings. The molecule has 7 heteroatoms. The fourth-order valence-corrected chi connectivity index (χ4v) is 1.56. The number of carbonyl (C=O) groups is 1. The summed E-state index contributed by atoms with van der Waals surface area (Å²) in [6.07, 6.45) is 0.743. The van der Waals surface area contributed by atoms with E-state index in [0.717, 1.165) is 0 Å². The van der Waals surface area contributed by atoms with Gasteiger partial charge < -0.3 is 5.11 Å². The Morgan fingerprint density at radius 3 is 2.94 bits per heavy atom. The van der Waals surface area contributed by atoms with E-state index in [0.29, 0.717) is 5.65 Å². The van der Waals surface area contributed by atoms with Gasteiger partial charge in [-0.2, -0.15) is 5.10 Å². The van der Waals surface area contributed by atoms with Crippen LogP contribution < -0.4 is 0 Å². The average molecular weight is 241 g/mol. The van der Waals surface area contributed by atoms with Crippen LogP contribution in [0.4, 0.5) is 8.78 Å². The van der Waals surface area contributed by atoms with E-state index in [1.807, 2.05) is 0 Å². The van der Waals surface area contributed by atoms with Gasteiger partial charge in [0.15, 0.2) is 5.65 Å². The van der Waals surface area contributed by atoms with Gasteiger partial charge in [-0.25, -0.2) is 18.3 Å². The summed E-state index contributed by atoms with van der Waals surface area (Å²) in [7, 11) is 0. The van der Waals surface area contributed by atoms with Crippen LogP contribution in [0.15, 0.2) is 24.7 Å². The van der Waals surface area contributed by atoms with Crippen LogP contribution in [0.2, 0.25) is 0 Å². The first kappa shape index (κ1) is 11.4. The van der Waals surface area contributed by atoms with Crippen LogP contribution >= 0.6 is 0 Å². The van der Waals surface area contributed by atoms with E-state index in [1.165, 1.54) is 23.1 Å². The number of aliphatic carboxylic acids is 1. The van der Waals surface area contributed by atoms with Crippen molar-refractivity contribution in [1.82, 2.24) is 14.6 Å². The maximum atomic E-state index is 12.8. The molecular weight excluding hydrogens is 232 g/mol. The summed E-state index contributed by atoms with van der Waals surface area (Å²) >= 11 is 0. The normalized spacial score (nSPS) is 13.1. The average Bonchev–Trinajstić information content (AvgIpc) is 2.72. The number of halogens is 2. The second-order valence-corrected chi connectivity index (χ2v) is 3.56. The number of carboxylic acid groups (broad SMARTS) is 1. The second kappa shape index (κ2) is 4.44. The molecule has 2 heterocycles. The van der Waals surface area contributed by atoms with Gasteiger partial charge in [0.05, 0.1) is 18.5 Å². The van der Waals surface area contributed by atoms with Crippen molar-refractivity contribution in [3.63, 3.8) is 0 Å². The molecule has 5 nitrogen and oxygen atoms in total. The Balaban J connectivity index is 2.37. The van der Waals surface area contributed by atoms with Crippen LogP contribution in [0.3, 0.4) is 0 Å². The van der Waals surface area contributed by atoms with Gasteiger partial charge in [0.25, 0.3) is 0 Å². The Bertz CT molecular complexity index is 541. The quantitative estimate of drug-likeness (QED) is 0.881. The van der Waals surface area contributed by atoms with Crippen molar-refractivity contribution >= 4 is 11.6 Å². The highest BCUT2D eigenvalue weighted by Gasteiger charge is 2.26. The van der Waals surface area contributed by atoms with Crippen molar-refractivity contribution in [2.24, 2.45) is 0 Å². The Morgan fingerprint density at radius 1 is 1.53 bits per heavy atom. The summed E-state index contributed by atoms with van der Waals surface area (Å²) < 4.78 is 26.8. The van der Waals surface area contributed by atoms with Crippen molar-refractivity contribution in [3.8, 4) is 0 Å². The molecule has 0 aromatic carbocycles. The van der Waals surface area contributed by atoms with Gasteiger partial charge in [0.1, 0.15) is 0 Å². The fourth-order valence-electron chi connectivity index (χ4n) is 1.56. The molecule has 0 aliphatic heterocycles. The SMILES string of the molecule is O=C(O)CC(c1cnc2ccnn2c1)C(F)F. The van der Waals surface area contributed by atoms with Crippen molar-refractivity contribution in [2.75, 3.05) is 0 Å². The Hall–Kier alpha value is -2.05. The van der Waals surface area contributed by atoms with Crippen LogP contribution in [0.5, 0.6) is 0 Å². The van der Waals surface area contributed by atoms with Gasteiger partial charge in [-0.15, -0.1) is 0 Å². The molecule has 0 saturated heterocycles. The van der Waals surface area contributed by atoms with E-state index in [4.69, 9.17) is 5.11 Å². The molecule has 0 fully saturated rings. The van der Waals surface area contributed by atoms with Gasteiger partial charge in [-0.3, -0.25) is 4.79 Å². The van der Waals surface area contributed by atoms with E-state index < -0.39 is 24.7 Å². The zero-order valence-electron chi connectivity index (χ0n) is 8.62. The van der Waals surface area contributed by atoms with Crippen molar-refractivity contribution in [1.29, 1.82) is 0 Å². The minimum Gasteiger partial charge on any atom is -0.481 e. The molecule has 0 bridgehead atoms. The number of aromatic nitrogens is 3. The highest BCUT2D eigenvalue weighted by Crippen LogP contribution is 2.26. The highest BCUT2D eigenvalue weighted by molar-refractivity contribution is 5.68. The maximum absolute atomic E-state index is 12.8. The molecule has 0 radical (unpaired) electrons. The highest BCUT2D eigenvalue weighted by atomic mass is 19.3. The molecule has 2 aromatic heterocycles. The van der Waals surface area contributed by atoms with E-state index >= 15 is 0 Å². The summed E-state index contributed by atoms with van der Waals surface area (Å²) in [5.74, 6) is -2.63. The number of fused-ring (bicyclic) bond motifs is 1. The Kier molecular flexibility index (Phi) is 2.99. The van der Waals surface area contributed by atoms with Crippen LogP contribution in [-0.4, -0.2) is 32.1 Å². The third-order valence-corrected chi connectivity index (χ3v) is 2.39. The number of hydrogen-bond acceptors (Lipinski definition) is 3. The number of nitrogens with zero attached hydrogens (tertiary/aromatic N) is 3. The van der Waals surface area contributed by atoms with Gasteiger partial charge >= 0.3 is 5.97 Å². The number of alkyl halides is 2. The summed E-state index contributed by atoms with van der Waals surface area (Å²) in [6, 6.07) is 1.62. The summed E-state index contributed by atoms with van der Waals surface area (Å²) in [4.78, 5) is 14.5. The van der Waals surface area contributed by atoms with E-state index in [2.05, 4.69) is 10.1 Å². The predicted octanol–water partition coefficient (Wildman–Crippen LogP) is 1.55. The fraction of sp³-hybridized carbons (Fsp3) is 0.300. The smallest absolute Gasteiger partial charge is 0.304 e. The Morgan fingerprint density at radius 2 is 2.29 bits per heavy atom. The van der Waals surface area contributed by atoms with Gasteiger partial charge in [-0.05, 0) is 5.56 Å². The minimum absolute atomic E-state index is 0.165. The lowest BCUT2D eigenvalue weighted by molar-refractivity contribution is -0.138. The van der Waals surface area contributed by atoms with Crippen LogP contribution in [0.1, 0.15) is 17.9 Å². The lowest BCUT2D eigenvalue weighted by atomic mass is 9.99. The molecule has 1 atom stereocenters. The van der Waals surface area contributed by atoms with Crippen LogP contribution in [0.25, 0.3) is 5.65 Å². The maximum Gasteiger partial charge on any atom is 0.304 e. The van der Waals surface area contributed by atoms with Crippen molar-refractivity contribution in [3.05, 3.63) is 30.2 Å². The van der Waals surface area contributed by atoms with Crippen LogP contribution in [-0.2, 0) is 4.79 Å². The van der Waals surface area contributed by atoms with E-state index in [-0.39, 0.29) is 5.56 Å². The molecule has 2 rings (SSSR count). The minimum atomic E-state index is -2.75. The largest absolute Gasteiger partial charge is 0.481 e. The molecule has 0 spiro atoms. The zero-order valence-corrected chi connectivity index (χ0v) is 8.62. The Labute approximate surface area is 94.7 Å². The third kappa shape index (κ3) is 2.38. The molecule has 0 amide bonds. The first-order valence-electron chi connectivity index (χ1n) is 4.87. The molecule has 90 valence electrons. The molecule has 17 heavy (non-hydrogen) atoms. The third-order valence-electron chi connectivity index (χ3n) is 2.39. The van der Waals surface area contributed by atoms with Gasteiger partial charge in [0.2, 0.25) is 6.43 Å². The molecule has 1 N–H and O–H groups in total. The van der Waals surface area contributed by atoms with E-state index in [1.54, 1.807) is 6.07 Å². The molecule has 0 aliphatic carbocycles. The topological polar surface area (TPSA) is 67.5 Å². The first-order chi connectivity index (χ1) is 8.08. The summed E-state index contributed by atoms with van der Waals surface area (Å²) in [5, 5.41) is 12.5. The second-order valence-electron chi connectivity index (χ2n) is 3.56. The lowest BCUT2D eigenvalue weighted by Gasteiger charge is -2.13. The molecule has 0 saturated carbocycles. The van der Waals surface area contributed by atoms with E-state index in [9.17, 15) is 13.6 Å². The van der Waals surface area contributed by atoms with Crippen LogP contribution in [0, 0.1) is 0 Å². The molecule has 0 aliphatic rings. The summed E-state index contributed by atoms with van der Waals surface area (Å²) in [5.41, 5.74) is 0.690. The van der Waals surface area contributed by atoms with Gasteiger partial charge in [0, 0.05) is 18.5 Å². The number of carboxylic acids is 1. The predicted molar refractivity (Wildman–Crippen MR) is 54.0 cm³/mol. The first-order valence-corrected chi connectivity index (χ1v) is 4.87. The van der Waals surface area contributed by atoms with Crippen molar-refractivity contribution < 1.29 is 18.7 Å². The molecule has 1 unspecified atom stereocenters. The number of hydrogen-bond donors (Lipinski definition) is 1. The monoisotopic (exact) mass is 241 g/mol. The van der Waals surface area contributed by atoms with Crippen molar-refractivity contribution in [2.45, 2.75) is 18.8 Å². The lowest BCUT2D eigenvalue weighted by Crippen LogP contribution is -2.15. The standard InChI is InChI=1S/C10H9F2N3O2/c11-10(12)7(3-9(16)17)6-4-13-8-1-2-14-15(8)5-6/h1-2,4-5,7,10H,3H2,(H,16,17). The molecular formula is C10H9F2N3O2. The summed E-state index contributed by atoms with van der Waals surface area (Å²) in [6.45, 7) is 0. The number of rotatable bonds is 4.